The van der Waals surface area contributed by atoms with E-state index in [9.17, 15) is 0 Å². The van der Waals surface area contributed by atoms with Crippen LogP contribution >= 0.6 is 0 Å². The molecule has 2 bridgehead atoms. The van der Waals surface area contributed by atoms with Gasteiger partial charge < -0.3 is 0 Å². The van der Waals surface area contributed by atoms with Gasteiger partial charge in [-0.25, -0.2) is 0 Å². The van der Waals surface area contributed by atoms with Gasteiger partial charge in [-0.15, -0.1) is 0 Å². The van der Waals surface area contributed by atoms with E-state index >= 15 is 0 Å². The SMILES string of the molecule is CC1(c2ccccc2)CC2CC1CC2(C)c1ccccc1. The summed E-state index contributed by atoms with van der Waals surface area (Å²) >= 11 is 0. The molecule has 0 nitrogen and oxygen atoms in total. The molecule has 2 fully saturated rings. The van der Waals surface area contributed by atoms with Gasteiger partial charge in [0.2, 0.25) is 0 Å². The predicted octanol–water partition coefficient (Wildman–Crippen LogP) is 5.33. The quantitative estimate of drug-likeness (QED) is 0.695. The van der Waals surface area contributed by atoms with E-state index in [1.54, 1.807) is 11.1 Å². The molecule has 0 radical (unpaired) electrons. The molecule has 4 atom stereocenters. The second-order valence-electron chi connectivity index (χ2n) is 7.60. The van der Waals surface area contributed by atoms with Crippen LogP contribution in [0.2, 0.25) is 0 Å². The van der Waals surface area contributed by atoms with E-state index in [-0.39, 0.29) is 0 Å². The van der Waals surface area contributed by atoms with E-state index in [0.717, 1.165) is 11.8 Å². The van der Waals surface area contributed by atoms with Crippen LogP contribution in [0.3, 0.4) is 0 Å². The molecular formula is C21H24. The van der Waals surface area contributed by atoms with Crippen molar-refractivity contribution >= 4 is 0 Å². The van der Waals surface area contributed by atoms with Gasteiger partial charge in [0.25, 0.3) is 0 Å². The molecule has 21 heavy (non-hydrogen) atoms. The lowest BCUT2D eigenvalue weighted by Gasteiger charge is -2.43. The molecule has 0 heterocycles. The zero-order valence-corrected chi connectivity index (χ0v) is 13.0. The molecule has 0 aliphatic heterocycles. The Morgan fingerprint density at radius 2 is 1.05 bits per heavy atom. The second kappa shape index (κ2) is 4.47. The van der Waals surface area contributed by atoms with Crippen molar-refractivity contribution in [3.63, 3.8) is 0 Å². The maximum atomic E-state index is 2.50. The monoisotopic (exact) mass is 276 g/mol. The Kier molecular flexibility index (Phi) is 2.79. The summed E-state index contributed by atoms with van der Waals surface area (Å²) in [5, 5.41) is 0. The minimum Gasteiger partial charge on any atom is -0.0622 e. The smallest absolute Gasteiger partial charge is 0.00437 e. The lowest BCUT2D eigenvalue weighted by Crippen LogP contribution is -2.38. The molecule has 0 heteroatoms. The van der Waals surface area contributed by atoms with Crippen LogP contribution in [0.1, 0.15) is 44.2 Å². The van der Waals surface area contributed by atoms with E-state index in [1.165, 1.54) is 19.3 Å². The minimum absolute atomic E-state index is 0.389. The van der Waals surface area contributed by atoms with E-state index in [0.29, 0.717) is 10.8 Å². The molecule has 0 N–H and O–H groups in total. The fourth-order valence-corrected chi connectivity index (χ4v) is 5.18. The molecule has 0 amide bonds. The fraction of sp³-hybridized carbons (Fsp3) is 0.429. The van der Waals surface area contributed by atoms with Crippen LogP contribution in [-0.2, 0) is 10.8 Å². The van der Waals surface area contributed by atoms with E-state index in [2.05, 4.69) is 74.5 Å². The Labute approximate surface area is 128 Å². The van der Waals surface area contributed by atoms with Gasteiger partial charge in [0.05, 0.1) is 0 Å². The normalized spacial score (nSPS) is 37.8. The van der Waals surface area contributed by atoms with Crippen molar-refractivity contribution in [2.45, 2.75) is 43.9 Å². The molecule has 2 saturated carbocycles. The van der Waals surface area contributed by atoms with Gasteiger partial charge in [0.15, 0.2) is 0 Å². The van der Waals surface area contributed by atoms with Gasteiger partial charge >= 0.3 is 0 Å². The van der Waals surface area contributed by atoms with Gasteiger partial charge in [0, 0.05) is 0 Å². The lowest BCUT2D eigenvalue weighted by molar-refractivity contribution is 0.206. The number of rotatable bonds is 2. The molecular weight excluding hydrogens is 252 g/mol. The van der Waals surface area contributed by atoms with Crippen LogP contribution in [0.25, 0.3) is 0 Å². The molecule has 108 valence electrons. The molecule has 2 aliphatic rings. The summed E-state index contributed by atoms with van der Waals surface area (Å²) in [6.45, 7) is 5.00. The Morgan fingerprint density at radius 1 is 0.667 bits per heavy atom. The van der Waals surface area contributed by atoms with Crippen LogP contribution in [0.15, 0.2) is 60.7 Å². The molecule has 0 saturated heterocycles. The zero-order valence-electron chi connectivity index (χ0n) is 13.0. The summed E-state index contributed by atoms with van der Waals surface area (Å²) in [7, 11) is 0. The first kappa shape index (κ1) is 13.1. The molecule has 0 aromatic heterocycles. The van der Waals surface area contributed by atoms with E-state index < -0.39 is 0 Å². The van der Waals surface area contributed by atoms with Crippen molar-refractivity contribution in [2.24, 2.45) is 11.8 Å². The summed E-state index contributed by atoms with van der Waals surface area (Å²) in [6, 6.07) is 22.4. The Hall–Kier alpha value is -1.56. The first-order chi connectivity index (χ1) is 10.1. The number of benzene rings is 2. The molecule has 2 aromatic carbocycles. The highest BCUT2D eigenvalue weighted by atomic mass is 14.6. The maximum Gasteiger partial charge on any atom is -0.00437 e. The number of hydrogen-bond donors (Lipinski definition) is 0. The minimum atomic E-state index is 0.389. The third-order valence-electron chi connectivity index (χ3n) is 6.58. The lowest BCUT2D eigenvalue weighted by atomic mass is 9.61. The van der Waals surface area contributed by atoms with Gasteiger partial charge in [-0.2, -0.15) is 0 Å². The first-order valence-corrected chi connectivity index (χ1v) is 8.24. The Balaban J connectivity index is 1.67. The van der Waals surface area contributed by atoms with E-state index in [1.807, 2.05) is 0 Å². The van der Waals surface area contributed by atoms with Crippen molar-refractivity contribution in [1.29, 1.82) is 0 Å². The van der Waals surface area contributed by atoms with Crippen LogP contribution in [0.5, 0.6) is 0 Å². The van der Waals surface area contributed by atoms with Gasteiger partial charge in [-0.1, -0.05) is 74.5 Å². The fourth-order valence-electron chi connectivity index (χ4n) is 5.18. The number of hydrogen-bond acceptors (Lipinski definition) is 0. The standard InChI is InChI=1S/C21H24/c1-20(16-9-5-3-6-10-16)14-19-13-18(20)15-21(19,2)17-11-7-4-8-12-17/h3-12,18-19H,13-15H2,1-2H3. The molecule has 4 rings (SSSR count). The highest BCUT2D eigenvalue weighted by Crippen LogP contribution is 2.64. The second-order valence-corrected chi connectivity index (χ2v) is 7.60. The van der Waals surface area contributed by atoms with Crippen LogP contribution in [0.4, 0.5) is 0 Å². The van der Waals surface area contributed by atoms with Gasteiger partial charge in [0.1, 0.15) is 0 Å². The molecule has 0 spiro atoms. The summed E-state index contributed by atoms with van der Waals surface area (Å²) in [5.41, 5.74) is 3.88. The summed E-state index contributed by atoms with van der Waals surface area (Å²) in [6.07, 6.45) is 4.08. The largest absolute Gasteiger partial charge is 0.0622 e. The van der Waals surface area contributed by atoms with Crippen molar-refractivity contribution in [2.75, 3.05) is 0 Å². The van der Waals surface area contributed by atoms with Crippen LogP contribution in [0, 0.1) is 11.8 Å². The Morgan fingerprint density at radius 3 is 1.38 bits per heavy atom. The van der Waals surface area contributed by atoms with Crippen molar-refractivity contribution < 1.29 is 0 Å². The van der Waals surface area contributed by atoms with E-state index in [4.69, 9.17) is 0 Å². The molecule has 2 aromatic rings. The molecule has 4 unspecified atom stereocenters. The predicted molar refractivity (Wildman–Crippen MR) is 88.4 cm³/mol. The summed E-state index contributed by atoms with van der Waals surface area (Å²) in [5.74, 6) is 1.66. The summed E-state index contributed by atoms with van der Waals surface area (Å²) < 4.78 is 0. The van der Waals surface area contributed by atoms with Crippen molar-refractivity contribution in [3.8, 4) is 0 Å². The molecule has 2 aliphatic carbocycles. The third-order valence-corrected chi connectivity index (χ3v) is 6.58. The van der Waals surface area contributed by atoms with Crippen LogP contribution in [-0.4, -0.2) is 0 Å². The average molecular weight is 276 g/mol. The van der Waals surface area contributed by atoms with Crippen molar-refractivity contribution in [1.82, 2.24) is 0 Å². The maximum absolute atomic E-state index is 2.50. The Bertz CT molecular complexity index is 572. The summed E-state index contributed by atoms with van der Waals surface area (Å²) in [4.78, 5) is 0. The van der Waals surface area contributed by atoms with Crippen LogP contribution < -0.4 is 0 Å². The van der Waals surface area contributed by atoms with Gasteiger partial charge in [-0.3, -0.25) is 0 Å². The van der Waals surface area contributed by atoms with Gasteiger partial charge in [-0.05, 0) is 53.1 Å². The topological polar surface area (TPSA) is 0 Å². The average Bonchev–Trinajstić information content (AvgIpc) is 3.04. The highest BCUT2D eigenvalue weighted by Gasteiger charge is 2.58. The number of fused-ring (bicyclic) bond motifs is 2. The zero-order chi connectivity index (χ0) is 14.5. The first-order valence-electron chi connectivity index (χ1n) is 8.24. The highest BCUT2D eigenvalue weighted by molar-refractivity contribution is 5.35. The van der Waals surface area contributed by atoms with Crippen molar-refractivity contribution in [3.05, 3.63) is 71.8 Å². The third kappa shape index (κ3) is 1.81.